The van der Waals surface area contributed by atoms with Crippen LogP contribution in [0.2, 0.25) is 17.5 Å². The maximum Gasteiger partial charge on any atom is 0.225 e. The molecule has 13 atom stereocenters. The number of allylic oxidation sites excluding steroid dienone is 3. The summed E-state index contributed by atoms with van der Waals surface area (Å²) < 4.78 is 7.86. The van der Waals surface area contributed by atoms with Gasteiger partial charge >= 0.3 is 0 Å². The number of hydrogen-bond acceptors (Lipinski definition) is 6. The monoisotopic (exact) mass is 1370 g/mol. The predicted octanol–water partition coefficient (Wildman–Crippen LogP) is 21.7. The Kier molecular flexibility index (Phi) is 16.8. The van der Waals surface area contributed by atoms with Crippen LogP contribution in [0.5, 0.6) is 5.75 Å². The van der Waals surface area contributed by atoms with Gasteiger partial charge in [0.1, 0.15) is 5.75 Å². The van der Waals surface area contributed by atoms with Crippen molar-refractivity contribution in [3.8, 4) is 39.1 Å². The molecule has 3 saturated carbocycles. The molecule has 510 valence electrons. The third kappa shape index (κ3) is 11.3. The molecule has 8 heteroatoms. The Hall–Kier alpha value is -9.72. The zero-order chi connectivity index (χ0) is 68.6. The fourth-order valence-corrected chi connectivity index (χ4v) is 23.7. The molecule has 9 aliphatic rings. The molecule has 5 fully saturated rings. The molecule has 4 aliphatic heterocycles. The van der Waals surface area contributed by atoms with Crippen LogP contribution in [0.1, 0.15) is 87.7 Å². The SMILES string of the molecule is C1=C2B3c4ccccc4OC4CC(N(C5CC=C(c6ccccc6)CC5)C5CCCCC5c5ccccc5)CC(C34)N(c3ccccc3-c3ccccc3)C2=CC2SC3CC(N(c4ccc(-c5ccccc5)cc4)c4ccccc4-c4ccccc4)CC4C3B(c3ccccc3N4c3ccccc3)C12. The number of para-hydroxylation sites is 5. The first-order valence-electron chi connectivity index (χ1n) is 39.0. The van der Waals surface area contributed by atoms with E-state index in [1.165, 1.54) is 126 Å². The summed E-state index contributed by atoms with van der Waals surface area (Å²) in [6.07, 6.45) is 20.9. The molecule has 0 radical (unpaired) electrons. The summed E-state index contributed by atoms with van der Waals surface area (Å²) in [7, 11) is 0. The van der Waals surface area contributed by atoms with Crippen molar-refractivity contribution >= 4 is 70.1 Å². The summed E-state index contributed by atoms with van der Waals surface area (Å²) in [4.78, 5) is 11.8. The van der Waals surface area contributed by atoms with Crippen molar-refractivity contribution in [2.75, 3.05) is 14.7 Å². The van der Waals surface area contributed by atoms with Gasteiger partial charge in [0.2, 0.25) is 6.71 Å². The molecule has 0 bridgehead atoms. The quantitative estimate of drug-likeness (QED) is 0.107. The number of benzene rings is 11. The van der Waals surface area contributed by atoms with Crippen molar-refractivity contribution < 1.29 is 4.74 Å². The number of nitrogens with zero attached hydrogens (tertiary/aromatic N) is 4. The van der Waals surface area contributed by atoms with E-state index < -0.39 is 0 Å². The first-order valence-corrected chi connectivity index (χ1v) is 39.9. The lowest BCUT2D eigenvalue weighted by molar-refractivity contribution is -0.00765. The average molecular weight is 1370 g/mol. The Morgan fingerprint density at radius 3 is 1.76 bits per heavy atom. The Labute approximate surface area is 620 Å². The van der Waals surface area contributed by atoms with E-state index in [0.29, 0.717) is 35.1 Å². The number of hydrogen-bond donors (Lipinski definition) is 0. The van der Waals surface area contributed by atoms with E-state index in [1.807, 2.05) is 0 Å². The predicted molar refractivity (Wildman–Crippen MR) is 438 cm³/mol. The zero-order valence-electron chi connectivity index (χ0n) is 59.1. The minimum absolute atomic E-state index is 0.00889. The first-order chi connectivity index (χ1) is 51.6. The minimum Gasteiger partial charge on any atom is -0.491 e. The van der Waals surface area contributed by atoms with Gasteiger partial charge < -0.3 is 19.4 Å². The Bertz CT molecular complexity index is 5000. The highest BCUT2D eigenvalue weighted by atomic mass is 32.2. The maximum absolute atomic E-state index is 7.86. The van der Waals surface area contributed by atoms with E-state index in [0.717, 1.165) is 50.7 Å². The molecule has 2 saturated heterocycles. The molecule has 0 spiro atoms. The number of anilines is 5. The molecule has 0 amide bonds. The zero-order valence-corrected chi connectivity index (χ0v) is 60.0. The summed E-state index contributed by atoms with van der Waals surface area (Å²) in [6, 6.07) is 117. The van der Waals surface area contributed by atoms with Gasteiger partial charge in [-0.05, 0) is 174 Å². The van der Waals surface area contributed by atoms with Crippen LogP contribution in [-0.4, -0.2) is 71.2 Å². The topological polar surface area (TPSA) is 22.2 Å². The molecule has 5 nitrogen and oxygen atoms in total. The average Bonchev–Trinajstić information content (AvgIpc) is 0.693. The summed E-state index contributed by atoms with van der Waals surface area (Å²) in [5.41, 5.74) is 24.2. The van der Waals surface area contributed by atoms with E-state index in [-0.39, 0.29) is 54.5 Å². The van der Waals surface area contributed by atoms with Gasteiger partial charge in [0.15, 0.2) is 6.71 Å². The number of ether oxygens (including phenoxy) is 1. The molecule has 104 heavy (non-hydrogen) atoms. The van der Waals surface area contributed by atoms with Gasteiger partial charge in [-0.2, -0.15) is 11.8 Å². The second kappa shape index (κ2) is 27.4. The van der Waals surface area contributed by atoms with Crippen LogP contribution >= 0.6 is 11.8 Å². The molecule has 20 rings (SSSR count). The third-order valence-corrected chi connectivity index (χ3v) is 27.5. The van der Waals surface area contributed by atoms with Crippen LogP contribution in [0.4, 0.5) is 28.4 Å². The van der Waals surface area contributed by atoms with Gasteiger partial charge in [0, 0.05) is 97.8 Å². The van der Waals surface area contributed by atoms with Crippen molar-refractivity contribution in [1.82, 2.24) is 4.90 Å². The third-order valence-electron chi connectivity index (χ3n) is 25.9. The smallest absolute Gasteiger partial charge is 0.225 e. The van der Waals surface area contributed by atoms with Crippen LogP contribution in [0.25, 0.3) is 39.0 Å². The normalized spacial score (nSPS) is 26.4. The highest BCUT2D eigenvalue weighted by molar-refractivity contribution is 8.01. The lowest BCUT2D eigenvalue weighted by atomic mass is 9.23. The fraction of sp³-hybridized carbons (Fsp3) is 0.250. The second-order valence-corrected chi connectivity index (χ2v) is 32.6. The van der Waals surface area contributed by atoms with Crippen LogP contribution in [0.3, 0.4) is 0 Å². The molecule has 11 aromatic carbocycles. The van der Waals surface area contributed by atoms with E-state index in [4.69, 9.17) is 4.74 Å². The largest absolute Gasteiger partial charge is 0.491 e. The van der Waals surface area contributed by atoms with Crippen molar-refractivity contribution in [2.24, 2.45) is 0 Å². The van der Waals surface area contributed by atoms with E-state index in [2.05, 4.69) is 353 Å². The molecular weight excluding hydrogens is 1280 g/mol. The Morgan fingerprint density at radius 1 is 0.442 bits per heavy atom. The van der Waals surface area contributed by atoms with E-state index >= 15 is 0 Å². The van der Waals surface area contributed by atoms with Crippen molar-refractivity contribution in [2.45, 2.75) is 147 Å². The summed E-state index contributed by atoms with van der Waals surface area (Å²) >= 11 is 2.33. The van der Waals surface area contributed by atoms with Crippen LogP contribution in [0, 0.1) is 0 Å². The Morgan fingerprint density at radius 2 is 1.03 bits per heavy atom. The molecular formula is C96H88B2N4OS. The summed E-state index contributed by atoms with van der Waals surface area (Å²) in [5, 5.41) is 0.533. The van der Waals surface area contributed by atoms with Crippen molar-refractivity contribution in [3.63, 3.8) is 0 Å². The van der Waals surface area contributed by atoms with E-state index in [1.54, 1.807) is 0 Å². The molecule has 0 N–H and O–H groups in total. The van der Waals surface area contributed by atoms with Crippen molar-refractivity contribution in [3.05, 3.63) is 344 Å². The van der Waals surface area contributed by atoms with Gasteiger partial charge in [-0.3, -0.25) is 4.90 Å². The van der Waals surface area contributed by atoms with Gasteiger partial charge in [0.05, 0.1) is 6.10 Å². The van der Waals surface area contributed by atoms with Gasteiger partial charge in [-0.15, -0.1) is 0 Å². The lowest BCUT2D eigenvalue weighted by Gasteiger charge is -2.62. The minimum atomic E-state index is 0.00889. The second-order valence-electron chi connectivity index (χ2n) is 31.2. The van der Waals surface area contributed by atoms with Gasteiger partial charge in [-0.25, -0.2) is 0 Å². The highest BCUT2D eigenvalue weighted by Gasteiger charge is 2.63. The van der Waals surface area contributed by atoms with Crippen LogP contribution in [-0.2, 0) is 0 Å². The summed E-state index contributed by atoms with van der Waals surface area (Å²) in [6.45, 7) is 0.446. The van der Waals surface area contributed by atoms with Crippen molar-refractivity contribution in [1.29, 1.82) is 0 Å². The van der Waals surface area contributed by atoms with Gasteiger partial charge in [-0.1, -0.05) is 291 Å². The standard InChI is InChI=1S/C96H88B2N4OS/c1-7-29-65(30-8-1)67-51-55-73(56-52-67)99(84-46-24-19-41-77(84)69-33-11-3-12-34-69)75-59-89-95-92(61-75)103-91-50-28-23-45-81(91)98(95)82-63-83-93(64-88(82)102(89)86-48-26-21-43-79(86)71-37-15-5-16-38-71)104-94-62-76(60-90-96(94)97(83)80-44-22-27-49-87(80)101(90)72-39-17-6-18-40-72)100(74-57-53-68(54-58-74)66-31-9-2-10-32-66)85-47-25-20-42-78(85)70-35-13-4-14-36-70/h1-18,20-23,25-40,42-45,47-51,53-54,57-58,63-64,73,75-77,83-84,89-90,92-96H,19,24,41,46,52,55-56,59-62H2. The number of thioether (sulfide) groups is 1. The molecule has 4 heterocycles. The molecule has 5 aliphatic carbocycles. The number of rotatable bonds is 13. The summed E-state index contributed by atoms with van der Waals surface area (Å²) in [5.74, 6) is 2.39. The van der Waals surface area contributed by atoms with E-state index in [9.17, 15) is 0 Å². The Balaban J connectivity index is 0.762. The molecule has 0 aromatic heterocycles. The first kappa shape index (κ1) is 63.9. The number of fused-ring (bicyclic) bond motifs is 8. The lowest BCUT2D eigenvalue weighted by Crippen LogP contribution is -2.68. The molecule has 11 aromatic rings. The van der Waals surface area contributed by atoms with Crippen LogP contribution < -0.4 is 30.4 Å². The fourth-order valence-electron chi connectivity index (χ4n) is 21.8. The highest BCUT2D eigenvalue weighted by Crippen LogP contribution is 2.63. The van der Waals surface area contributed by atoms with Crippen LogP contribution in [0.15, 0.2) is 333 Å². The van der Waals surface area contributed by atoms with Gasteiger partial charge in [0.25, 0.3) is 0 Å². The maximum atomic E-state index is 7.86. The molecule has 13 unspecified atom stereocenters.